The van der Waals surface area contributed by atoms with Gasteiger partial charge in [-0.05, 0) is 42.2 Å². The number of fused-ring (bicyclic) bond motifs is 4. The molecule has 1 saturated heterocycles. The summed E-state index contributed by atoms with van der Waals surface area (Å²) in [5, 5.41) is 10.9. The Morgan fingerprint density at radius 2 is 2.00 bits per heavy atom. The van der Waals surface area contributed by atoms with Gasteiger partial charge < -0.3 is 14.8 Å². The van der Waals surface area contributed by atoms with Crippen LogP contribution in [0, 0.1) is 5.92 Å². The van der Waals surface area contributed by atoms with E-state index < -0.39 is 0 Å². The Labute approximate surface area is 173 Å². The minimum Gasteiger partial charge on any atom is -0.354 e. The molecule has 3 aromatic rings. The highest BCUT2D eigenvalue weighted by atomic mass is 16.1. The second-order valence-electron chi connectivity index (χ2n) is 7.92. The maximum absolute atomic E-state index is 12.8. The predicted octanol–water partition coefficient (Wildman–Crippen LogP) is 1.68. The van der Waals surface area contributed by atoms with Gasteiger partial charge in [0.15, 0.2) is 11.5 Å². The number of hydrogen-bond donors (Lipinski definition) is 1. The highest BCUT2D eigenvalue weighted by Crippen LogP contribution is 2.37. The SMILES string of the molecule is CNC(=O)c1ccc(N2C[C@@H]3C[C@H](C2)c2cc(-c4cccnc4)cc(=O)n2C3)nn1. The summed E-state index contributed by atoms with van der Waals surface area (Å²) < 4.78 is 1.93. The molecule has 0 spiro atoms. The molecule has 0 saturated carbocycles. The van der Waals surface area contributed by atoms with Crippen molar-refractivity contribution in [2.75, 3.05) is 25.0 Å². The standard InChI is InChI=1S/C22H22N6O2/c1-23-22(30)18-4-5-20(26-25-18)27-11-14-7-17(13-27)19-8-16(9-21(29)28(19)12-14)15-3-2-6-24-10-15/h2-6,8-10,14,17H,7,11-13H2,1H3,(H,23,30)/t14-,17+/m0/s1. The molecule has 30 heavy (non-hydrogen) atoms. The molecule has 0 aliphatic carbocycles. The van der Waals surface area contributed by atoms with Crippen LogP contribution in [0.1, 0.15) is 28.5 Å². The summed E-state index contributed by atoms with van der Waals surface area (Å²) in [4.78, 5) is 30.9. The Morgan fingerprint density at radius 1 is 1.10 bits per heavy atom. The summed E-state index contributed by atoms with van der Waals surface area (Å²) in [7, 11) is 1.57. The van der Waals surface area contributed by atoms with Crippen molar-refractivity contribution in [3.8, 4) is 11.1 Å². The first kappa shape index (κ1) is 18.5. The topological polar surface area (TPSA) is 93.0 Å². The first-order chi connectivity index (χ1) is 14.6. The summed E-state index contributed by atoms with van der Waals surface area (Å²) in [5.41, 5.74) is 3.27. The van der Waals surface area contributed by atoms with Crippen LogP contribution in [0.4, 0.5) is 5.82 Å². The van der Waals surface area contributed by atoms with E-state index in [4.69, 9.17) is 0 Å². The second kappa shape index (κ2) is 7.37. The molecule has 8 heteroatoms. The van der Waals surface area contributed by atoms with Crippen molar-refractivity contribution in [1.82, 2.24) is 25.1 Å². The van der Waals surface area contributed by atoms with Crippen LogP contribution < -0.4 is 15.8 Å². The van der Waals surface area contributed by atoms with Crippen LogP contribution in [0.15, 0.2) is 53.6 Å². The number of amides is 1. The van der Waals surface area contributed by atoms with E-state index in [0.29, 0.717) is 18.2 Å². The number of nitrogens with one attached hydrogen (secondary N) is 1. The van der Waals surface area contributed by atoms with Gasteiger partial charge in [-0.2, -0.15) is 0 Å². The number of carbonyl (C=O) groups excluding carboxylic acids is 1. The summed E-state index contributed by atoms with van der Waals surface area (Å²) in [6, 6.07) is 11.2. The molecule has 5 heterocycles. The van der Waals surface area contributed by atoms with Crippen LogP contribution in [0.2, 0.25) is 0 Å². The Morgan fingerprint density at radius 3 is 2.73 bits per heavy atom. The lowest BCUT2D eigenvalue weighted by Crippen LogP contribution is -2.47. The van der Waals surface area contributed by atoms with Crippen molar-refractivity contribution in [3.05, 3.63) is 70.5 Å². The number of anilines is 1. The highest BCUT2D eigenvalue weighted by molar-refractivity contribution is 5.91. The average molecular weight is 402 g/mol. The number of pyridine rings is 2. The Bertz CT molecular complexity index is 1140. The molecule has 3 aromatic heterocycles. The van der Waals surface area contributed by atoms with E-state index in [1.54, 1.807) is 31.6 Å². The van der Waals surface area contributed by atoms with Crippen LogP contribution in [0.3, 0.4) is 0 Å². The van der Waals surface area contributed by atoms with Gasteiger partial charge in [0.1, 0.15) is 0 Å². The van der Waals surface area contributed by atoms with E-state index in [2.05, 4.69) is 31.5 Å². The quantitative estimate of drug-likeness (QED) is 0.717. The van der Waals surface area contributed by atoms with Gasteiger partial charge >= 0.3 is 0 Å². The maximum atomic E-state index is 12.8. The first-order valence-corrected chi connectivity index (χ1v) is 10.1. The number of carbonyl (C=O) groups is 1. The minimum absolute atomic E-state index is 0.0456. The van der Waals surface area contributed by atoms with Gasteiger partial charge in [0.25, 0.3) is 11.5 Å². The number of hydrogen-bond acceptors (Lipinski definition) is 6. The predicted molar refractivity (Wildman–Crippen MR) is 112 cm³/mol. The molecular formula is C22H22N6O2. The zero-order valence-corrected chi connectivity index (χ0v) is 16.7. The second-order valence-corrected chi connectivity index (χ2v) is 7.92. The van der Waals surface area contributed by atoms with E-state index in [1.165, 1.54) is 0 Å². The van der Waals surface area contributed by atoms with Gasteiger partial charge in [0.05, 0.1) is 0 Å². The summed E-state index contributed by atoms with van der Waals surface area (Å²) in [5.74, 6) is 1.12. The lowest BCUT2D eigenvalue weighted by atomic mass is 9.82. The molecule has 2 bridgehead atoms. The highest BCUT2D eigenvalue weighted by Gasteiger charge is 2.35. The van der Waals surface area contributed by atoms with Gasteiger partial charge in [-0.15, -0.1) is 10.2 Å². The summed E-state index contributed by atoms with van der Waals surface area (Å²) in [6.07, 6.45) is 4.57. The van der Waals surface area contributed by atoms with Gasteiger partial charge in [-0.1, -0.05) is 6.07 Å². The Hall–Kier alpha value is -3.55. The van der Waals surface area contributed by atoms with Gasteiger partial charge in [0.2, 0.25) is 0 Å². The van der Waals surface area contributed by atoms with Crippen LogP contribution in [0.5, 0.6) is 0 Å². The Kier molecular flexibility index (Phi) is 4.54. The average Bonchev–Trinajstić information content (AvgIpc) is 2.79. The van der Waals surface area contributed by atoms with E-state index in [1.807, 2.05) is 22.8 Å². The third-order valence-electron chi connectivity index (χ3n) is 5.99. The lowest BCUT2D eigenvalue weighted by molar-refractivity contribution is 0.0957. The molecule has 0 aromatic carbocycles. The smallest absolute Gasteiger partial charge is 0.271 e. The number of nitrogens with zero attached hydrogens (tertiary/aromatic N) is 5. The normalized spacial score (nSPS) is 19.8. The van der Waals surface area contributed by atoms with Crippen molar-refractivity contribution in [2.45, 2.75) is 18.9 Å². The molecule has 1 N–H and O–H groups in total. The van der Waals surface area contributed by atoms with Crippen molar-refractivity contribution >= 4 is 11.7 Å². The fourth-order valence-corrected chi connectivity index (χ4v) is 4.59. The molecule has 2 aliphatic rings. The van der Waals surface area contributed by atoms with Gasteiger partial charge in [-0.3, -0.25) is 14.6 Å². The lowest BCUT2D eigenvalue weighted by Gasteiger charge is -2.43. The van der Waals surface area contributed by atoms with Gasteiger partial charge in [-0.25, -0.2) is 0 Å². The van der Waals surface area contributed by atoms with Crippen LogP contribution >= 0.6 is 0 Å². The maximum Gasteiger partial charge on any atom is 0.271 e. The molecule has 1 fully saturated rings. The zero-order chi connectivity index (χ0) is 20.7. The summed E-state index contributed by atoms with van der Waals surface area (Å²) in [6.45, 7) is 2.29. The van der Waals surface area contributed by atoms with Gasteiger partial charge in [0, 0.05) is 62.3 Å². The molecule has 0 radical (unpaired) electrons. The van der Waals surface area contributed by atoms with Crippen LogP contribution in [0.25, 0.3) is 11.1 Å². The molecule has 2 aliphatic heterocycles. The van der Waals surface area contributed by atoms with Crippen molar-refractivity contribution in [2.24, 2.45) is 5.92 Å². The summed E-state index contributed by atoms with van der Waals surface area (Å²) >= 11 is 0. The van der Waals surface area contributed by atoms with E-state index in [9.17, 15) is 9.59 Å². The van der Waals surface area contributed by atoms with Crippen molar-refractivity contribution < 1.29 is 4.79 Å². The van der Waals surface area contributed by atoms with Crippen LogP contribution in [-0.2, 0) is 6.54 Å². The van der Waals surface area contributed by atoms with E-state index in [-0.39, 0.29) is 17.4 Å². The third kappa shape index (κ3) is 3.24. The number of piperidine rings is 1. The first-order valence-electron chi connectivity index (χ1n) is 10.1. The molecule has 8 nitrogen and oxygen atoms in total. The van der Waals surface area contributed by atoms with Crippen molar-refractivity contribution in [1.29, 1.82) is 0 Å². The minimum atomic E-state index is -0.249. The zero-order valence-electron chi connectivity index (χ0n) is 16.7. The molecule has 1 amide bonds. The molecular weight excluding hydrogens is 380 g/mol. The monoisotopic (exact) mass is 402 g/mol. The van der Waals surface area contributed by atoms with E-state index >= 15 is 0 Å². The molecule has 5 rings (SSSR count). The molecule has 2 atom stereocenters. The third-order valence-corrected chi connectivity index (χ3v) is 5.99. The number of rotatable bonds is 3. The number of aromatic nitrogens is 4. The fourth-order valence-electron chi connectivity index (χ4n) is 4.59. The molecule has 0 unspecified atom stereocenters. The largest absolute Gasteiger partial charge is 0.354 e. The molecule has 152 valence electrons. The fraction of sp³-hybridized carbons (Fsp3) is 0.318. The Balaban J connectivity index is 1.46. The van der Waals surface area contributed by atoms with Crippen LogP contribution in [-0.4, -0.2) is 45.8 Å². The van der Waals surface area contributed by atoms with E-state index in [0.717, 1.165) is 42.1 Å². The van der Waals surface area contributed by atoms with Crippen molar-refractivity contribution in [3.63, 3.8) is 0 Å².